The van der Waals surface area contributed by atoms with Crippen LogP contribution in [0.15, 0.2) is 12.4 Å². The van der Waals surface area contributed by atoms with E-state index in [4.69, 9.17) is 0 Å². The minimum atomic E-state index is -0.396. The van der Waals surface area contributed by atoms with Crippen molar-refractivity contribution in [3.8, 4) is 0 Å². The Balaban J connectivity index is 2.12. The summed E-state index contributed by atoms with van der Waals surface area (Å²) in [7, 11) is 1.92. The van der Waals surface area contributed by atoms with E-state index in [1.807, 2.05) is 29.6 Å². The molecule has 0 radical (unpaired) electrons. The maximum Gasteiger partial charge on any atom is 0.138 e. The van der Waals surface area contributed by atoms with Gasteiger partial charge in [0.1, 0.15) is 11.9 Å². The van der Waals surface area contributed by atoms with Gasteiger partial charge in [-0.05, 0) is 18.6 Å². The molecule has 0 amide bonds. The number of aromatic nitrogens is 2. The zero-order valence-electron chi connectivity index (χ0n) is 7.68. The Hall–Kier alpha value is -0.480. The van der Waals surface area contributed by atoms with Gasteiger partial charge in [0.15, 0.2) is 0 Å². The summed E-state index contributed by atoms with van der Waals surface area (Å²) < 4.78 is 1.89. The maximum absolute atomic E-state index is 9.99. The average molecular weight is 198 g/mol. The number of hydrogen-bond acceptors (Lipinski definition) is 3. The van der Waals surface area contributed by atoms with E-state index in [-0.39, 0.29) is 0 Å². The second-order valence-corrected chi connectivity index (χ2v) is 4.74. The molecule has 4 heteroatoms. The van der Waals surface area contributed by atoms with Crippen LogP contribution in [-0.2, 0) is 7.05 Å². The van der Waals surface area contributed by atoms with E-state index >= 15 is 0 Å². The van der Waals surface area contributed by atoms with Crippen LogP contribution in [0.3, 0.4) is 0 Å². The first kappa shape index (κ1) is 9.09. The fourth-order valence-electron chi connectivity index (χ4n) is 1.68. The van der Waals surface area contributed by atoms with Crippen LogP contribution in [-0.4, -0.2) is 25.7 Å². The monoisotopic (exact) mass is 198 g/mol. The molecule has 0 spiro atoms. The molecule has 1 aliphatic rings. The standard InChI is InChI=1S/C9H14N2OS/c1-11-5-4-10-9(11)8(12)7-3-2-6-13-7/h4-5,7-8,12H,2-3,6H2,1H3. The number of thioether (sulfide) groups is 1. The molecule has 1 aromatic rings. The van der Waals surface area contributed by atoms with Gasteiger partial charge in [-0.15, -0.1) is 0 Å². The van der Waals surface area contributed by atoms with Gasteiger partial charge >= 0.3 is 0 Å². The van der Waals surface area contributed by atoms with Gasteiger partial charge in [0, 0.05) is 24.7 Å². The summed E-state index contributed by atoms with van der Waals surface area (Å²) in [6.07, 6.45) is 5.54. The van der Waals surface area contributed by atoms with Crippen molar-refractivity contribution in [2.24, 2.45) is 7.05 Å². The van der Waals surface area contributed by atoms with Gasteiger partial charge in [0.25, 0.3) is 0 Å². The largest absolute Gasteiger partial charge is 0.384 e. The lowest BCUT2D eigenvalue weighted by atomic mass is 10.1. The van der Waals surface area contributed by atoms with Crippen molar-refractivity contribution < 1.29 is 5.11 Å². The molecule has 0 aliphatic carbocycles. The van der Waals surface area contributed by atoms with Crippen molar-refractivity contribution >= 4 is 11.8 Å². The molecule has 3 nitrogen and oxygen atoms in total. The third-order valence-electron chi connectivity index (χ3n) is 2.44. The van der Waals surface area contributed by atoms with Crippen molar-refractivity contribution in [3.05, 3.63) is 18.2 Å². The van der Waals surface area contributed by atoms with Gasteiger partial charge in [-0.3, -0.25) is 0 Å². The normalized spacial score (nSPS) is 24.9. The van der Waals surface area contributed by atoms with Crippen LogP contribution in [0.2, 0.25) is 0 Å². The Morgan fingerprint density at radius 3 is 3.15 bits per heavy atom. The van der Waals surface area contributed by atoms with Crippen molar-refractivity contribution in [2.45, 2.75) is 24.2 Å². The number of rotatable bonds is 2. The smallest absolute Gasteiger partial charge is 0.138 e. The minimum Gasteiger partial charge on any atom is -0.384 e. The van der Waals surface area contributed by atoms with Gasteiger partial charge in [0.05, 0.1) is 0 Å². The first-order valence-electron chi connectivity index (χ1n) is 4.56. The molecule has 1 N–H and O–H groups in total. The molecule has 0 aromatic carbocycles. The van der Waals surface area contributed by atoms with Crippen molar-refractivity contribution in [2.75, 3.05) is 5.75 Å². The van der Waals surface area contributed by atoms with Gasteiger partial charge < -0.3 is 9.67 Å². The van der Waals surface area contributed by atoms with Crippen LogP contribution in [0.4, 0.5) is 0 Å². The summed E-state index contributed by atoms with van der Waals surface area (Å²) in [5, 5.41) is 10.3. The van der Waals surface area contributed by atoms with Crippen LogP contribution in [0.1, 0.15) is 24.8 Å². The molecule has 72 valence electrons. The zero-order chi connectivity index (χ0) is 9.26. The number of aryl methyl sites for hydroxylation is 1. The van der Waals surface area contributed by atoms with Gasteiger partial charge in [-0.25, -0.2) is 4.98 Å². The highest BCUT2D eigenvalue weighted by Gasteiger charge is 2.27. The zero-order valence-corrected chi connectivity index (χ0v) is 8.50. The van der Waals surface area contributed by atoms with Crippen molar-refractivity contribution in [1.29, 1.82) is 0 Å². The number of hydrogen-bond donors (Lipinski definition) is 1. The first-order valence-corrected chi connectivity index (χ1v) is 5.61. The Kier molecular flexibility index (Phi) is 2.60. The molecule has 1 aliphatic heterocycles. The number of imidazole rings is 1. The van der Waals surface area contributed by atoms with E-state index in [0.717, 1.165) is 12.2 Å². The third-order valence-corrected chi connectivity index (χ3v) is 3.89. The van der Waals surface area contributed by atoms with E-state index in [1.54, 1.807) is 6.20 Å². The SMILES string of the molecule is Cn1ccnc1C(O)C1CCCS1. The fourth-order valence-corrected chi connectivity index (χ4v) is 2.95. The summed E-state index contributed by atoms with van der Waals surface area (Å²) in [5.41, 5.74) is 0. The van der Waals surface area contributed by atoms with Crippen LogP contribution in [0.25, 0.3) is 0 Å². The van der Waals surface area contributed by atoms with Crippen molar-refractivity contribution in [3.63, 3.8) is 0 Å². The lowest BCUT2D eigenvalue weighted by Crippen LogP contribution is -2.15. The highest BCUT2D eigenvalue weighted by molar-refractivity contribution is 8.00. The molecule has 2 atom stereocenters. The molecule has 2 rings (SSSR count). The lowest BCUT2D eigenvalue weighted by Gasteiger charge is -2.16. The predicted molar refractivity (Wildman–Crippen MR) is 53.6 cm³/mol. The summed E-state index contributed by atoms with van der Waals surface area (Å²) in [6.45, 7) is 0. The average Bonchev–Trinajstić information content (AvgIpc) is 2.72. The Morgan fingerprint density at radius 1 is 1.77 bits per heavy atom. The minimum absolute atomic E-state index is 0.348. The predicted octanol–water partition coefficient (Wildman–Crippen LogP) is 1.35. The summed E-state index contributed by atoms with van der Waals surface area (Å²) in [5.74, 6) is 1.96. The lowest BCUT2D eigenvalue weighted by molar-refractivity contribution is 0.160. The molecule has 0 bridgehead atoms. The number of aliphatic hydroxyl groups is 1. The van der Waals surface area contributed by atoms with E-state index < -0.39 is 6.10 Å². The summed E-state index contributed by atoms with van der Waals surface area (Å²) >= 11 is 1.85. The Labute approximate surface area is 82.2 Å². The maximum atomic E-state index is 9.99. The molecule has 13 heavy (non-hydrogen) atoms. The van der Waals surface area contributed by atoms with Crippen LogP contribution >= 0.6 is 11.8 Å². The molecule has 1 saturated heterocycles. The van der Waals surface area contributed by atoms with Crippen LogP contribution in [0.5, 0.6) is 0 Å². The Morgan fingerprint density at radius 2 is 2.62 bits per heavy atom. The quantitative estimate of drug-likeness (QED) is 0.779. The van der Waals surface area contributed by atoms with Crippen LogP contribution in [0, 0.1) is 0 Å². The van der Waals surface area contributed by atoms with E-state index in [1.165, 1.54) is 12.2 Å². The third kappa shape index (κ3) is 1.74. The van der Waals surface area contributed by atoms with Crippen LogP contribution < -0.4 is 0 Å². The van der Waals surface area contributed by atoms with Gasteiger partial charge in [-0.1, -0.05) is 0 Å². The molecule has 2 unspecified atom stereocenters. The molecule has 1 aromatic heterocycles. The van der Waals surface area contributed by atoms with Crippen molar-refractivity contribution in [1.82, 2.24) is 9.55 Å². The number of nitrogens with zero attached hydrogens (tertiary/aromatic N) is 2. The highest BCUT2D eigenvalue weighted by Crippen LogP contribution is 2.34. The molecule has 2 heterocycles. The number of aliphatic hydroxyl groups excluding tert-OH is 1. The van der Waals surface area contributed by atoms with E-state index in [2.05, 4.69) is 4.98 Å². The fraction of sp³-hybridized carbons (Fsp3) is 0.667. The topological polar surface area (TPSA) is 38.0 Å². The second-order valence-electron chi connectivity index (χ2n) is 3.39. The molecular formula is C9H14N2OS. The first-order chi connectivity index (χ1) is 6.29. The molecule has 0 saturated carbocycles. The highest BCUT2D eigenvalue weighted by atomic mass is 32.2. The van der Waals surface area contributed by atoms with E-state index in [0.29, 0.717) is 5.25 Å². The molecular weight excluding hydrogens is 184 g/mol. The van der Waals surface area contributed by atoms with Gasteiger partial charge in [-0.2, -0.15) is 11.8 Å². The summed E-state index contributed by atoms with van der Waals surface area (Å²) in [4.78, 5) is 4.16. The Bertz CT molecular complexity index is 281. The summed E-state index contributed by atoms with van der Waals surface area (Å²) in [6, 6.07) is 0. The molecule has 1 fully saturated rings. The second kappa shape index (κ2) is 3.72. The van der Waals surface area contributed by atoms with E-state index in [9.17, 15) is 5.11 Å². The van der Waals surface area contributed by atoms with Gasteiger partial charge in [0.2, 0.25) is 0 Å².